The van der Waals surface area contributed by atoms with Crippen molar-refractivity contribution in [2.45, 2.75) is 25.8 Å². The molecule has 1 amide bonds. The van der Waals surface area contributed by atoms with Gasteiger partial charge in [-0.3, -0.25) is 9.69 Å². The van der Waals surface area contributed by atoms with Crippen LogP contribution in [0.4, 0.5) is 0 Å². The van der Waals surface area contributed by atoms with Gasteiger partial charge in [-0.2, -0.15) is 0 Å². The van der Waals surface area contributed by atoms with E-state index in [4.69, 9.17) is 16.6 Å². The first-order chi connectivity index (χ1) is 11.7. The van der Waals surface area contributed by atoms with Gasteiger partial charge in [0.05, 0.1) is 12.2 Å². The van der Waals surface area contributed by atoms with Gasteiger partial charge in [-0.15, -0.1) is 11.3 Å². The van der Waals surface area contributed by atoms with Crippen molar-refractivity contribution in [2.75, 3.05) is 26.2 Å². The van der Waals surface area contributed by atoms with Crippen molar-refractivity contribution in [1.82, 2.24) is 14.8 Å². The van der Waals surface area contributed by atoms with Gasteiger partial charge < -0.3 is 4.90 Å². The molecule has 0 atom stereocenters. The molecule has 4 rings (SSSR count). The van der Waals surface area contributed by atoms with E-state index in [1.54, 1.807) is 12.1 Å². The Morgan fingerprint density at radius 2 is 2.04 bits per heavy atom. The molecule has 0 spiro atoms. The van der Waals surface area contributed by atoms with E-state index in [9.17, 15) is 4.79 Å². The maximum Gasteiger partial charge on any atom is 0.253 e. The minimum Gasteiger partial charge on any atom is -0.336 e. The van der Waals surface area contributed by atoms with Gasteiger partial charge in [0.25, 0.3) is 5.91 Å². The summed E-state index contributed by atoms with van der Waals surface area (Å²) in [5.41, 5.74) is 2.00. The average molecular weight is 362 g/mol. The lowest BCUT2D eigenvalue weighted by atomic mass is 10.2. The first-order valence-corrected chi connectivity index (χ1v) is 9.63. The Bertz CT molecular complexity index is 731. The SMILES string of the molecule is O=C(c1cccc(Cl)c1)N1CCN(Cc2nc3c(s2)CCC3)CC1. The fourth-order valence-corrected chi connectivity index (χ4v) is 4.81. The molecule has 126 valence electrons. The number of amides is 1. The van der Waals surface area contributed by atoms with Crippen LogP contribution >= 0.6 is 22.9 Å². The zero-order valence-electron chi connectivity index (χ0n) is 13.5. The van der Waals surface area contributed by atoms with Crippen molar-refractivity contribution < 1.29 is 4.79 Å². The molecule has 0 radical (unpaired) electrons. The predicted octanol–water partition coefficient (Wildman–Crippen LogP) is 3.24. The lowest BCUT2D eigenvalue weighted by Gasteiger charge is -2.34. The van der Waals surface area contributed by atoms with Crippen LogP contribution in [0.25, 0.3) is 0 Å². The first-order valence-electron chi connectivity index (χ1n) is 8.44. The maximum atomic E-state index is 12.5. The van der Waals surface area contributed by atoms with Gasteiger partial charge >= 0.3 is 0 Å². The van der Waals surface area contributed by atoms with E-state index in [1.165, 1.54) is 28.4 Å². The number of halogens is 1. The second-order valence-corrected chi connectivity index (χ2v) is 8.01. The molecule has 1 aliphatic heterocycles. The van der Waals surface area contributed by atoms with E-state index in [0.29, 0.717) is 10.6 Å². The maximum absolute atomic E-state index is 12.5. The van der Waals surface area contributed by atoms with E-state index in [1.807, 2.05) is 28.4 Å². The summed E-state index contributed by atoms with van der Waals surface area (Å²) < 4.78 is 0. The van der Waals surface area contributed by atoms with Crippen LogP contribution < -0.4 is 0 Å². The number of aryl methyl sites for hydroxylation is 2. The molecular weight excluding hydrogens is 342 g/mol. The van der Waals surface area contributed by atoms with Crippen LogP contribution in [0.3, 0.4) is 0 Å². The third-order valence-electron chi connectivity index (χ3n) is 4.73. The van der Waals surface area contributed by atoms with Crippen LogP contribution in [0.15, 0.2) is 24.3 Å². The van der Waals surface area contributed by atoms with Crippen LogP contribution in [0, 0.1) is 0 Å². The quantitative estimate of drug-likeness (QED) is 0.842. The number of carbonyl (C=O) groups excluding carboxylic acids is 1. The number of carbonyl (C=O) groups is 1. The molecule has 0 bridgehead atoms. The number of fused-ring (bicyclic) bond motifs is 1. The molecule has 1 saturated heterocycles. The van der Waals surface area contributed by atoms with Crippen LogP contribution in [0.2, 0.25) is 5.02 Å². The monoisotopic (exact) mass is 361 g/mol. The highest BCUT2D eigenvalue weighted by atomic mass is 35.5. The lowest BCUT2D eigenvalue weighted by molar-refractivity contribution is 0.0628. The molecule has 1 fully saturated rings. The van der Waals surface area contributed by atoms with Gasteiger partial charge in [0, 0.05) is 41.6 Å². The predicted molar refractivity (Wildman–Crippen MR) is 96.8 cm³/mol. The molecule has 6 heteroatoms. The number of nitrogens with zero attached hydrogens (tertiary/aromatic N) is 3. The number of rotatable bonds is 3. The number of hydrogen-bond donors (Lipinski definition) is 0. The topological polar surface area (TPSA) is 36.4 Å². The highest BCUT2D eigenvalue weighted by molar-refractivity contribution is 7.11. The van der Waals surface area contributed by atoms with Crippen molar-refractivity contribution >= 4 is 28.8 Å². The van der Waals surface area contributed by atoms with Crippen molar-refractivity contribution in [3.8, 4) is 0 Å². The Kier molecular flexibility index (Phi) is 4.57. The van der Waals surface area contributed by atoms with E-state index in [0.717, 1.165) is 39.1 Å². The average Bonchev–Trinajstić information content (AvgIpc) is 3.16. The van der Waals surface area contributed by atoms with Crippen molar-refractivity contribution in [2.24, 2.45) is 0 Å². The third-order valence-corrected chi connectivity index (χ3v) is 6.11. The molecule has 0 saturated carbocycles. The molecule has 1 aliphatic carbocycles. The Balaban J connectivity index is 1.33. The summed E-state index contributed by atoms with van der Waals surface area (Å²) in [7, 11) is 0. The second-order valence-electron chi connectivity index (χ2n) is 6.41. The van der Waals surface area contributed by atoms with Gasteiger partial charge in [0.2, 0.25) is 0 Å². The molecule has 1 aromatic heterocycles. The number of hydrogen-bond acceptors (Lipinski definition) is 4. The van der Waals surface area contributed by atoms with Crippen LogP contribution in [-0.2, 0) is 19.4 Å². The van der Waals surface area contributed by atoms with Gasteiger partial charge in [0.1, 0.15) is 5.01 Å². The standard InChI is InChI=1S/C18H20ClN3OS/c19-14-4-1-3-13(11-14)18(23)22-9-7-21(8-10-22)12-17-20-15-5-2-6-16(15)24-17/h1,3-4,11H,2,5-10,12H2. The van der Waals surface area contributed by atoms with Crippen molar-refractivity contribution in [1.29, 1.82) is 0 Å². The van der Waals surface area contributed by atoms with Crippen molar-refractivity contribution in [3.05, 3.63) is 50.4 Å². The summed E-state index contributed by atoms with van der Waals surface area (Å²) in [5, 5.41) is 1.84. The molecule has 2 aliphatic rings. The number of benzene rings is 1. The van der Waals surface area contributed by atoms with Gasteiger partial charge in [-0.1, -0.05) is 17.7 Å². The minimum atomic E-state index is 0.0744. The zero-order valence-corrected chi connectivity index (χ0v) is 15.1. The molecule has 0 N–H and O–H groups in total. The second kappa shape index (κ2) is 6.82. The molecule has 2 heterocycles. The normalized spacial score (nSPS) is 18.0. The fraction of sp³-hybridized carbons (Fsp3) is 0.444. The molecule has 4 nitrogen and oxygen atoms in total. The van der Waals surface area contributed by atoms with E-state index >= 15 is 0 Å². The van der Waals surface area contributed by atoms with Crippen LogP contribution in [-0.4, -0.2) is 46.9 Å². The Hall–Kier alpha value is -1.43. The van der Waals surface area contributed by atoms with Gasteiger partial charge in [-0.25, -0.2) is 4.98 Å². The third kappa shape index (κ3) is 3.34. The summed E-state index contributed by atoms with van der Waals surface area (Å²) in [6.07, 6.45) is 3.61. The molecule has 24 heavy (non-hydrogen) atoms. The number of aromatic nitrogens is 1. The first kappa shape index (κ1) is 16.1. The molecule has 2 aromatic rings. The van der Waals surface area contributed by atoms with E-state index in [-0.39, 0.29) is 5.91 Å². The minimum absolute atomic E-state index is 0.0744. The summed E-state index contributed by atoms with van der Waals surface area (Å²) in [6, 6.07) is 7.19. The highest BCUT2D eigenvalue weighted by Crippen LogP contribution is 2.28. The Labute approximate surface area is 151 Å². The van der Waals surface area contributed by atoms with Gasteiger partial charge in [-0.05, 0) is 37.5 Å². The Morgan fingerprint density at radius 1 is 1.21 bits per heavy atom. The van der Waals surface area contributed by atoms with Gasteiger partial charge in [0.15, 0.2) is 0 Å². The summed E-state index contributed by atoms with van der Waals surface area (Å²) >= 11 is 7.86. The Morgan fingerprint density at radius 3 is 2.79 bits per heavy atom. The fourth-order valence-electron chi connectivity index (χ4n) is 3.42. The lowest BCUT2D eigenvalue weighted by Crippen LogP contribution is -2.48. The number of thiazole rings is 1. The van der Waals surface area contributed by atoms with E-state index in [2.05, 4.69) is 4.90 Å². The van der Waals surface area contributed by atoms with Crippen LogP contribution in [0.5, 0.6) is 0 Å². The van der Waals surface area contributed by atoms with Crippen LogP contribution in [0.1, 0.15) is 32.4 Å². The largest absolute Gasteiger partial charge is 0.336 e. The summed E-state index contributed by atoms with van der Waals surface area (Å²) in [5.74, 6) is 0.0744. The molecule has 1 aromatic carbocycles. The molecule has 0 unspecified atom stereocenters. The number of piperazine rings is 1. The zero-order chi connectivity index (χ0) is 16.5. The highest BCUT2D eigenvalue weighted by Gasteiger charge is 2.24. The van der Waals surface area contributed by atoms with Crippen molar-refractivity contribution in [3.63, 3.8) is 0 Å². The summed E-state index contributed by atoms with van der Waals surface area (Å²) in [6.45, 7) is 4.23. The summed E-state index contributed by atoms with van der Waals surface area (Å²) in [4.78, 5) is 23.1. The molecular formula is C18H20ClN3OS. The smallest absolute Gasteiger partial charge is 0.253 e. The van der Waals surface area contributed by atoms with E-state index < -0.39 is 0 Å².